The Morgan fingerprint density at radius 2 is 1.94 bits per heavy atom. The molecule has 1 aliphatic rings. The Kier molecular flexibility index (Phi) is 4.03. The van der Waals surface area contributed by atoms with Gasteiger partial charge >= 0.3 is 0 Å². The lowest BCUT2D eigenvalue weighted by Gasteiger charge is -2.22. The summed E-state index contributed by atoms with van der Waals surface area (Å²) in [6.07, 6.45) is 2.45. The van der Waals surface area contributed by atoms with E-state index in [9.17, 15) is 0 Å². The number of ether oxygens (including phenoxy) is 1. The molecular formula is C11H12Br2ClNO. The first-order valence-electron chi connectivity index (χ1n) is 5.11. The van der Waals surface area contributed by atoms with Crippen LogP contribution in [-0.4, -0.2) is 20.2 Å². The van der Waals surface area contributed by atoms with Crippen LogP contribution in [0.5, 0.6) is 5.75 Å². The van der Waals surface area contributed by atoms with E-state index in [-0.39, 0.29) is 0 Å². The van der Waals surface area contributed by atoms with Crippen LogP contribution < -0.4 is 9.64 Å². The van der Waals surface area contributed by atoms with Crippen molar-refractivity contribution in [3.05, 3.63) is 20.0 Å². The molecule has 1 aromatic carbocycles. The number of benzene rings is 1. The molecule has 0 saturated carbocycles. The smallest absolute Gasteiger partial charge is 0.149 e. The number of anilines is 1. The van der Waals surface area contributed by atoms with E-state index < -0.39 is 0 Å². The quantitative estimate of drug-likeness (QED) is 0.762. The van der Waals surface area contributed by atoms with Gasteiger partial charge in [0.2, 0.25) is 0 Å². The van der Waals surface area contributed by atoms with Gasteiger partial charge in [-0.25, -0.2) is 0 Å². The van der Waals surface area contributed by atoms with Gasteiger partial charge in [0.05, 0.1) is 26.8 Å². The number of methoxy groups -OCH3 is 1. The molecule has 16 heavy (non-hydrogen) atoms. The first kappa shape index (κ1) is 12.5. The fourth-order valence-corrected chi connectivity index (χ4v) is 4.24. The first-order chi connectivity index (χ1) is 7.65. The lowest BCUT2D eigenvalue weighted by molar-refractivity contribution is 0.409. The van der Waals surface area contributed by atoms with Crippen molar-refractivity contribution in [2.24, 2.45) is 0 Å². The number of halogens is 3. The third kappa shape index (κ3) is 2.20. The van der Waals surface area contributed by atoms with E-state index in [1.807, 2.05) is 6.07 Å². The lowest BCUT2D eigenvalue weighted by atomic mass is 10.2. The third-order valence-corrected chi connectivity index (χ3v) is 4.34. The van der Waals surface area contributed by atoms with Gasteiger partial charge in [-0.15, -0.1) is 0 Å². The van der Waals surface area contributed by atoms with E-state index in [2.05, 4.69) is 36.8 Å². The van der Waals surface area contributed by atoms with Crippen LogP contribution in [0.4, 0.5) is 5.69 Å². The summed E-state index contributed by atoms with van der Waals surface area (Å²) >= 11 is 13.3. The minimum Gasteiger partial charge on any atom is -0.494 e. The van der Waals surface area contributed by atoms with E-state index in [4.69, 9.17) is 16.3 Å². The standard InChI is InChI=1S/C11H12Br2ClNO/c1-16-11-7(12)6-8(14)10(9(11)13)15-4-2-3-5-15/h6H,2-5H2,1H3. The SMILES string of the molecule is COc1c(Br)cc(Cl)c(N2CCCC2)c1Br. The number of rotatable bonds is 2. The molecule has 1 heterocycles. The molecule has 0 atom stereocenters. The fourth-order valence-electron chi connectivity index (χ4n) is 1.98. The Balaban J connectivity index is 2.50. The van der Waals surface area contributed by atoms with Gasteiger partial charge in [0, 0.05) is 13.1 Å². The van der Waals surface area contributed by atoms with Crippen LogP contribution in [0.1, 0.15) is 12.8 Å². The zero-order chi connectivity index (χ0) is 11.7. The van der Waals surface area contributed by atoms with Crippen molar-refractivity contribution in [1.29, 1.82) is 0 Å². The molecule has 1 aromatic rings. The van der Waals surface area contributed by atoms with Crippen LogP contribution in [0.15, 0.2) is 15.0 Å². The normalized spacial score (nSPS) is 15.6. The van der Waals surface area contributed by atoms with Gasteiger partial charge in [0.25, 0.3) is 0 Å². The van der Waals surface area contributed by atoms with Crippen LogP contribution in [0.3, 0.4) is 0 Å². The topological polar surface area (TPSA) is 12.5 Å². The Morgan fingerprint density at radius 3 is 2.50 bits per heavy atom. The molecule has 0 N–H and O–H groups in total. The molecule has 5 heteroatoms. The molecule has 0 amide bonds. The summed E-state index contributed by atoms with van der Waals surface area (Å²) in [6.45, 7) is 2.12. The molecule has 2 rings (SSSR count). The van der Waals surface area contributed by atoms with Crippen LogP contribution in [-0.2, 0) is 0 Å². The summed E-state index contributed by atoms with van der Waals surface area (Å²) in [6, 6.07) is 1.89. The lowest BCUT2D eigenvalue weighted by Crippen LogP contribution is -2.18. The second-order valence-corrected chi connectivity index (χ2v) is 5.78. The number of hydrogen-bond acceptors (Lipinski definition) is 2. The Hall–Kier alpha value is 0.0700. The van der Waals surface area contributed by atoms with Gasteiger partial charge in [-0.1, -0.05) is 11.6 Å². The Morgan fingerprint density at radius 1 is 1.31 bits per heavy atom. The Labute approximate surface area is 117 Å². The maximum atomic E-state index is 6.29. The van der Waals surface area contributed by atoms with Crippen molar-refractivity contribution < 1.29 is 4.74 Å². The predicted octanol–water partition coefficient (Wildman–Crippen LogP) is 4.47. The van der Waals surface area contributed by atoms with Gasteiger partial charge in [0.15, 0.2) is 0 Å². The molecule has 0 radical (unpaired) electrons. The summed E-state index contributed by atoms with van der Waals surface area (Å²) in [7, 11) is 1.66. The maximum absolute atomic E-state index is 6.29. The Bertz CT molecular complexity index is 405. The average Bonchev–Trinajstić information content (AvgIpc) is 2.70. The van der Waals surface area contributed by atoms with Crippen molar-refractivity contribution in [2.45, 2.75) is 12.8 Å². The molecule has 1 aliphatic heterocycles. The zero-order valence-corrected chi connectivity index (χ0v) is 12.8. The average molecular weight is 369 g/mol. The van der Waals surface area contributed by atoms with Crippen molar-refractivity contribution in [1.82, 2.24) is 0 Å². The van der Waals surface area contributed by atoms with Crippen LogP contribution >= 0.6 is 43.5 Å². The second kappa shape index (κ2) is 5.15. The highest BCUT2D eigenvalue weighted by Crippen LogP contribution is 2.45. The minimum absolute atomic E-state index is 0.751. The van der Waals surface area contributed by atoms with E-state index in [0.29, 0.717) is 0 Å². The first-order valence-corrected chi connectivity index (χ1v) is 7.08. The highest BCUT2D eigenvalue weighted by Gasteiger charge is 2.22. The van der Waals surface area contributed by atoms with Crippen LogP contribution in [0.2, 0.25) is 5.02 Å². The van der Waals surface area contributed by atoms with Crippen LogP contribution in [0, 0.1) is 0 Å². The summed E-state index contributed by atoms with van der Waals surface area (Å²) in [4.78, 5) is 2.29. The van der Waals surface area contributed by atoms with Gasteiger partial charge < -0.3 is 9.64 Å². The molecular weight excluding hydrogens is 357 g/mol. The zero-order valence-electron chi connectivity index (χ0n) is 8.90. The summed E-state index contributed by atoms with van der Waals surface area (Å²) in [5.74, 6) is 0.798. The van der Waals surface area contributed by atoms with E-state index in [1.54, 1.807) is 7.11 Å². The van der Waals surface area contributed by atoms with Gasteiger partial charge in [0.1, 0.15) is 5.75 Å². The molecule has 0 aromatic heterocycles. The van der Waals surface area contributed by atoms with Crippen molar-refractivity contribution >= 4 is 49.1 Å². The highest BCUT2D eigenvalue weighted by molar-refractivity contribution is 9.11. The van der Waals surface area contributed by atoms with Crippen molar-refractivity contribution in [3.63, 3.8) is 0 Å². The second-order valence-electron chi connectivity index (χ2n) is 3.73. The van der Waals surface area contributed by atoms with Crippen molar-refractivity contribution in [3.8, 4) is 5.75 Å². The summed E-state index contributed by atoms with van der Waals surface area (Å²) < 4.78 is 7.15. The van der Waals surface area contributed by atoms with E-state index in [1.165, 1.54) is 12.8 Å². The largest absolute Gasteiger partial charge is 0.494 e. The number of nitrogens with zero attached hydrogens (tertiary/aromatic N) is 1. The minimum atomic E-state index is 0.751. The maximum Gasteiger partial charge on any atom is 0.149 e. The molecule has 1 fully saturated rings. The van der Waals surface area contributed by atoms with Gasteiger partial charge in [-0.05, 0) is 50.8 Å². The number of hydrogen-bond donors (Lipinski definition) is 0. The molecule has 88 valence electrons. The fraction of sp³-hybridized carbons (Fsp3) is 0.455. The third-order valence-electron chi connectivity index (χ3n) is 2.73. The predicted molar refractivity (Wildman–Crippen MR) is 74.9 cm³/mol. The highest BCUT2D eigenvalue weighted by atomic mass is 79.9. The van der Waals surface area contributed by atoms with E-state index in [0.717, 1.165) is 38.5 Å². The molecule has 2 nitrogen and oxygen atoms in total. The molecule has 0 spiro atoms. The van der Waals surface area contributed by atoms with Gasteiger partial charge in [-0.2, -0.15) is 0 Å². The van der Waals surface area contributed by atoms with E-state index >= 15 is 0 Å². The molecule has 0 bridgehead atoms. The summed E-state index contributed by atoms with van der Waals surface area (Å²) in [5.41, 5.74) is 1.04. The molecule has 1 saturated heterocycles. The van der Waals surface area contributed by atoms with Gasteiger partial charge in [-0.3, -0.25) is 0 Å². The van der Waals surface area contributed by atoms with Crippen molar-refractivity contribution in [2.75, 3.05) is 25.1 Å². The molecule has 0 aliphatic carbocycles. The summed E-state index contributed by atoms with van der Waals surface area (Å²) in [5, 5.41) is 0.751. The molecule has 0 unspecified atom stereocenters. The monoisotopic (exact) mass is 367 g/mol. The van der Waals surface area contributed by atoms with Crippen LogP contribution in [0.25, 0.3) is 0 Å².